The van der Waals surface area contributed by atoms with Gasteiger partial charge in [0.1, 0.15) is 0 Å². The number of hydrogen-bond donors (Lipinski definition) is 0. The Morgan fingerprint density at radius 1 is 0.944 bits per heavy atom. The van der Waals surface area contributed by atoms with Crippen LogP contribution in [0.1, 0.15) is 0 Å². The molecule has 2 aromatic rings. The maximum absolute atomic E-state index is 5.36. The molecular weight excluding hydrogens is 224 g/mol. The number of ether oxygens (including phenoxy) is 1. The molecule has 18 heavy (non-hydrogen) atoms. The second kappa shape index (κ2) is 5.19. The predicted molar refractivity (Wildman–Crippen MR) is 72.7 cm³/mol. The van der Waals surface area contributed by atoms with Crippen LogP contribution < -0.4 is 4.90 Å². The van der Waals surface area contributed by atoms with Gasteiger partial charge in [-0.1, -0.05) is 18.2 Å². The fraction of sp³-hybridized carbons (Fsp3) is 0.267. The molecule has 3 nitrogen and oxygen atoms in total. The van der Waals surface area contributed by atoms with Crippen LogP contribution in [0.4, 0.5) is 5.69 Å². The Balaban J connectivity index is 1.80. The van der Waals surface area contributed by atoms with Gasteiger partial charge < -0.3 is 9.64 Å². The van der Waals surface area contributed by atoms with Crippen LogP contribution in [-0.4, -0.2) is 31.3 Å². The first-order valence-electron chi connectivity index (χ1n) is 6.28. The van der Waals surface area contributed by atoms with Gasteiger partial charge in [-0.15, -0.1) is 0 Å². The maximum atomic E-state index is 5.36. The van der Waals surface area contributed by atoms with Crippen molar-refractivity contribution >= 4 is 5.69 Å². The minimum atomic E-state index is 0.821. The van der Waals surface area contributed by atoms with Crippen molar-refractivity contribution in [3.63, 3.8) is 0 Å². The van der Waals surface area contributed by atoms with Crippen molar-refractivity contribution in [1.82, 2.24) is 4.98 Å². The molecule has 1 aliphatic rings. The first kappa shape index (κ1) is 11.2. The molecule has 1 fully saturated rings. The fourth-order valence-corrected chi connectivity index (χ4v) is 2.20. The summed E-state index contributed by atoms with van der Waals surface area (Å²) in [4.78, 5) is 6.71. The molecule has 2 heterocycles. The molecule has 1 aliphatic heterocycles. The van der Waals surface area contributed by atoms with Gasteiger partial charge >= 0.3 is 0 Å². The van der Waals surface area contributed by atoms with Crippen molar-refractivity contribution in [1.29, 1.82) is 0 Å². The molecule has 0 N–H and O–H groups in total. The highest BCUT2D eigenvalue weighted by molar-refractivity contribution is 5.63. The number of rotatable bonds is 2. The van der Waals surface area contributed by atoms with Crippen LogP contribution in [0.15, 0.2) is 48.7 Å². The summed E-state index contributed by atoms with van der Waals surface area (Å²) < 4.78 is 5.36. The van der Waals surface area contributed by atoms with Crippen LogP contribution in [0.2, 0.25) is 0 Å². The van der Waals surface area contributed by atoms with Crippen molar-refractivity contribution in [3.05, 3.63) is 48.7 Å². The average Bonchev–Trinajstić information content (AvgIpc) is 2.49. The zero-order chi connectivity index (χ0) is 12.2. The lowest BCUT2D eigenvalue weighted by Gasteiger charge is -2.28. The molecule has 92 valence electrons. The van der Waals surface area contributed by atoms with Crippen molar-refractivity contribution in [2.75, 3.05) is 31.2 Å². The van der Waals surface area contributed by atoms with Crippen LogP contribution in [0, 0.1) is 0 Å². The molecule has 1 saturated heterocycles. The number of anilines is 1. The normalized spacial score (nSPS) is 15.7. The van der Waals surface area contributed by atoms with Crippen molar-refractivity contribution in [2.45, 2.75) is 0 Å². The summed E-state index contributed by atoms with van der Waals surface area (Å²) in [6.07, 6.45) is 1.82. The summed E-state index contributed by atoms with van der Waals surface area (Å²) in [6, 6.07) is 14.6. The zero-order valence-electron chi connectivity index (χ0n) is 10.2. The standard InChI is InChI=1S/C15H16N2O/c1-2-8-16-15(3-1)13-4-6-14(7-5-13)17-9-11-18-12-10-17/h1-8H,9-12H2. The highest BCUT2D eigenvalue weighted by Gasteiger charge is 2.10. The van der Waals surface area contributed by atoms with Crippen LogP contribution >= 0.6 is 0 Å². The minimum absolute atomic E-state index is 0.821. The lowest BCUT2D eigenvalue weighted by Crippen LogP contribution is -2.36. The summed E-state index contributed by atoms with van der Waals surface area (Å²) in [5.74, 6) is 0. The predicted octanol–water partition coefficient (Wildman–Crippen LogP) is 2.59. The summed E-state index contributed by atoms with van der Waals surface area (Å²) in [5, 5.41) is 0. The Hall–Kier alpha value is -1.87. The van der Waals surface area contributed by atoms with E-state index < -0.39 is 0 Å². The molecule has 1 aromatic carbocycles. The van der Waals surface area contributed by atoms with E-state index in [4.69, 9.17) is 4.74 Å². The van der Waals surface area contributed by atoms with E-state index >= 15 is 0 Å². The van der Waals surface area contributed by atoms with Crippen LogP contribution in [0.25, 0.3) is 11.3 Å². The molecule has 1 aromatic heterocycles. The summed E-state index contributed by atoms with van der Waals surface area (Å²) in [6.45, 7) is 3.59. The molecule has 0 bridgehead atoms. The molecule has 0 radical (unpaired) electrons. The molecule has 0 saturated carbocycles. The molecule has 3 heteroatoms. The molecule has 0 spiro atoms. The zero-order valence-corrected chi connectivity index (χ0v) is 10.2. The van der Waals surface area contributed by atoms with Gasteiger partial charge in [-0.2, -0.15) is 0 Å². The van der Waals surface area contributed by atoms with E-state index in [2.05, 4.69) is 34.1 Å². The Morgan fingerprint density at radius 2 is 1.72 bits per heavy atom. The van der Waals surface area contributed by atoms with Crippen molar-refractivity contribution in [2.24, 2.45) is 0 Å². The highest BCUT2D eigenvalue weighted by atomic mass is 16.5. The molecule has 0 unspecified atom stereocenters. The second-order valence-corrected chi connectivity index (χ2v) is 4.36. The molecule has 0 atom stereocenters. The van der Waals surface area contributed by atoms with Gasteiger partial charge in [0.15, 0.2) is 0 Å². The summed E-state index contributed by atoms with van der Waals surface area (Å²) in [5.41, 5.74) is 3.44. The van der Waals surface area contributed by atoms with Gasteiger partial charge in [0.05, 0.1) is 18.9 Å². The number of nitrogens with zero attached hydrogens (tertiary/aromatic N) is 2. The van der Waals surface area contributed by atoms with Crippen LogP contribution in [0.5, 0.6) is 0 Å². The van der Waals surface area contributed by atoms with Gasteiger partial charge in [-0.05, 0) is 24.3 Å². The van der Waals surface area contributed by atoms with Gasteiger partial charge in [0, 0.05) is 30.5 Å². The Bertz CT molecular complexity index is 490. The monoisotopic (exact) mass is 240 g/mol. The van der Waals surface area contributed by atoms with Gasteiger partial charge in [0.25, 0.3) is 0 Å². The third kappa shape index (κ3) is 2.36. The molecular formula is C15H16N2O. The average molecular weight is 240 g/mol. The van der Waals surface area contributed by atoms with E-state index in [0.717, 1.165) is 37.6 Å². The van der Waals surface area contributed by atoms with Crippen LogP contribution in [0.3, 0.4) is 0 Å². The van der Waals surface area contributed by atoms with E-state index in [0.29, 0.717) is 0 Å². The molecule has 0 aliphatic carbocycles. The summed E-state index contributed by atoms with van der Waals surface area (Å²) >= 11 is 0. The smallest absolute Gasteiger partial charge is 0.0701 e. The number of pyridine rings is 1. The molecule has 0 amide bonds. The van der Waals surface area contributed by atoms with E-state index in [-0.39, 0.29) is 0 Å². The fourth-order valence-electron chi connectivity index (χ4n) is 2.20. The van der Waals surface area contributed by atoms with Crippen molar-refractivity contribution in [3.8, 4) is 11.3 Å². The van der Waals surface area contributed by atoms with E-state index in [9.17, 15) is 0 Å². The van der Waals surface area contributed by atoms with E-state index in [1.54, 1.807) is 0 Å². The number of hydrogen-bond acceptors (Lipinski definition) is 3. The number of benzene rings is 1. The van der Waals surface area contributed by atoms with Crippen molar-refractivity contribution < 1.29 is 4.74 Å². The van der Waals surface area contributed by atoms with Gasteiger partial charge in [-0.25, -0.2) is 0 Å². The van der Waals surface area contributed by atoms with E-state index in [1.165, 1.54) is 5.69 Å². The van der Waals surface area contributed by atoms with Gasteiger partial charge in [0.2, 0.25) is 0 Å². The quantitative estimate of drug-likeness (QED) is 0.806. The third-order valence-corrected chi connectivity index (χ3v) is 3.20. The number of aromatic nitrogens is 1. The maximum Gasteiger partial charge on any atom is 0.0701 e. The van der Waals surface area contributed by atoms with Gasteiger partial charge in [-0.3, -0.25) is 4.98 Å². The Kier molecular flexibility index (Phi) is 3.24. The lowest BCUT2D eigenvalue weighted by atomic mass is 10.1. The second-order valence-electron chi connectivity index (χ2n) is 4.36. The topological polar surface area (TPSA) is 25.4 Å². The number of morpholine rings is 1. The Morgan fingerprint density at radius 3 is 2.39 bits per heavy atom. The highest BCUT2D eigenvalue weighted by Crippen LogP contribution is 2.22. The largest absolute Gasteiger partial charge is 0.378 e. The third-order valence-electron chi connectivity index (χ3n) is 3.20. The first-order valence-corrected chi connectivity index (χ1v) is 6.28. The summed E-state index contributed by atoms with van der Waals surface area (Å²) in [7, 11) is 0. The Labute approximate surface area is 107 Å². The first-order chi connectivity index (χ1) is 8.93. The minimum Gasteiger partial charge on any atom is -0.378 e. The van der Waals surface area contributed by atoms with Crippen LogP contribution in [-0.2, 0) is 4.74 Å². The molecule has 3 rings (SSSR count). The van der Waals surface area contributed by atoms with E-state index in [1.807, 2.05) is 24.4 Å². The SMILES string of the molecule is c1ccc(-c2ccc(N3CCOCC3)cc2)nc1. The lowest BCUT2D eigenvalue weighted by molar-refractivity contribution is 0.122.